The van der Waals surface area contributed by atoms with Crippen LogP contribution in [0.4, 0.5) is 4.79 Å². The number of hydrogen-bond acceptors (Lipinski definition) is 7. The standard InChI is InChI=1S/C20H22ClN5O4/c1-20(2,3)30-18(27)14(25-19(28)29-10-13-7-5-4-6-8-13)9-26-12-24-15-16(21)22-11-23-17(15)26/h4-8,11-12,14H,9-10H2,1-3H3,(H,25,28)/t14-/m0/s1. The third-order valence-electron chi connectivity index (χ3n) is 3.93. The second-order valence-electron chi connectivity index (χ2n) is 7.53. The quantitative estimate of drug-likeness (QED) is 0.471. The second-order valence-corrected chi connectivity index (χ2v) is 7.88. The number of esters is 1. The number of nitrogens with one attached hydrogen (secondary N) is 1. The molecule has 1 amide bonds. The second kappa shape index (κ2) is 9.08. The van der Waals surface area contributed by atoms with Crippen LogP contribution in [0, 0.1) is 0 Å². The van der Waals surface area contributed by atoms with Crippen LogP contribution in [0.2, 0.25) is 5.15 Å². The molecular formula is C20H22ClN5O4. The monoisotopic (exact) mass is 431 g/mol. The number of carbonyl (C=O) groups is 2. The highest BCUT2D eigenvalue weighted by molar-refractivity contribution is 6.33. The Bertz CT molecular complexity index is 1030. The van der Waals surface area contributed by atoms with Gasteiger partial charge in [-0.25, -0.2) is 24.5 Å². The molecule has 0 saturated heterocycles. The Balaban J connectivity index is 1.75. The predicted octanol–water partition coefficient (Wildman–Crippen LogP) is 3.12. The Morgan fingerprint density at radius 1 is 1.17 bits per heavy atom. The van der Waals surface area contributed by atoms with E-state index in [1.54, 1.807) is 25.3 Å². The van der Waals surface area contributed by atoms with Gasteiger partial charge in [0.15, 0.2) is 10.8 Å². The normalized spacial score (nSPS) is 12.4. The summed E-state index contributed by atoms with van der Waals surface area (Å²) in [5.41, 5.74) is 0.929. The minimum atomic E-state index is -1.03. The van der Waals surface area contributed by atoms with Crippen molar-refractivity contribution in [3.63, 3.8) is 0 Å². The number of ether oxygens (including phenoxy) is 2. The molecule has 0 fully saturated rings. The van der Waals surface area contributed by atoms with Crippen molar-refractivity contribution in [2.75, 3.05) is 0 Å². The predicted molar refractivity (Wildman–Crippen MR) is 110 cm³/mol. The van der Waals surface area contributed by atoms with Gasteiger partial charge in [0, 0.05) is 0 Å². The van der Waals surface area contributed by atoms with Crippen molar-refractivity contribution in [2.24, 2.45) is 0 Å². The van der Waals surface area contributed by atoms with Crippen LogP contribution in [0.25, 0.3) is 11.2 Å². The summed E-state index contributed by atoms with van der Waals surface area (Å²) in [6.45, 7) is 5.34. The van der Waals surface area contributed by atoms with Crippen LogP contribution in [-0.2, 0) is 27.4 Å². The summed E-state index contributed by atoms with van der Waals surface area (Å²) >= 11 is 6.03. The summed E-state index contributed by atoms with van der Waals surface area (Å²) in [6, 6.07) is 8.19. The molecule has 1 aromatic carbocycles. The number of imidazole rings is 1. The first-order chi connectivity index (χ1) is 14.2. The summed E-state index contributed by atoms with van der Waals surface area (Å²) in [7, 11) is 0. The number of rotatable bonds is 6. The zero-order valence-electron chi connectivity index (χ0n) is 16.8. The van der Waals surface area contributed by atoms with E-state index in [0.717, 1.165) is 5.56 Å². The molecule has 0 radical (unpaired) electrons. The summed E-state index contributed by atoms with van der Waals surface area (Å²) in [5.74, 6) is -0.610. The van der Waals surface area contributed by atoms with Crippen molar-refractivity contribution >= 4 is 34.8 Å². The van der Waals surface area contributed by atoms with Gasteiger partial charge in [-0.2, -0.15) is 0 Å². The lowest BCUT2D eigenvalue weighted by molar-refractivity contribution is -0.157. The van der Waals surface area contributed by atoms with Crippen molar-refractivity contribution in [1.82, 2.24) is 24.8 Å². The van der Waals surface area contributed by atoms with Gasteiger partial charge in [0.05, 0.1) is 12.9 Å². The highest BCUT2D eigenvalue weighted by atomic mass is 35.5. The molecule has 158 valence electrons. The molecule has 9 nitrogen and oxygen atoms in total. The number of benzene rings is 1. The summed E-state index contributed by atoms with van der Waals surface area (Å²) in [6.07, 6.45) is 2.03. The van der Waals surface area contributed by atoms with E-state index in [2.05, 4.69) is 20.3 Å². The van der Waals surface area contributed by atoms with Gasteiger partial charge in [-0.3, -0.25) is 0 Å². The highest BCUT2D eigenvalue weighted by Crippen LogP contribution is 2.18. The number of halogens is 1. The zero-order chi connectivity index (χ0) is 21.7. The van der Waals surface area contributed by atoms with Gasteiger partial charge < -0.3 is 19.4 Å². The van der Waals surface area contributed by atoms with Gasteiger partial charge in [0.1, 0.15) is 30.1 Å². The smallest absolute Gasteiger partial charge is 0.408 e. The van der Waals surface area contributed by atoms with E-state index >= 15 is 0 Å². The third kappa shape index (κ3) is 5.66. The Labute approximate surface area is 178 Å². The highest BCUT2D eigenvalue weighted by Gasteiger charge is 2.28. The first-order valence-electron chi connectivity index (χ1n) is 9.24. The summed E-state index contributed by atoms with van der Waals surface area (Å²) in [4.78, 5) is 37.2. The van der Waals surface area contributed by atoms with Gasteiger partial charge in [-0.05, 0) is 26.3 Å². The fourth-order valence-electron chi connectivity index (χ4n) is 2.64. The van der Waals surface area contributed by atoms with Gasteiger partial charge in [0.2, 0.25) is 0 Å². The van der Waals surface area contributed by atoms with Gasteiger partial charge in [-0.1, -0.05) is 41.9 Å². The van der Waals surface area contributed by atoms with Crippen molar-refractivity contribution in [1.29, 1.82) is 0 Å². The van der Waals surface area contributed by atoms with Crippen LogP contribution in [0.1, 0.15) is 26.3 Å². The first kappa shape index (κ1) is 21.5. The number of amides is 1. The summed E-state index contributed by atoms with van der Waals surface area (Å²) in [5, 5.41) is 2.76. The van der Waals surface area contributed by atoms with E-state index in [-0.39, 0.29) is 18.3 Å². The lowest BCUT2D eigenvalue weighted by Crippen LogP contribution is -2.46. The molecule has 0 aliphatic rings. The number of hydrogen-bond donors (Lipinski definition) is 1. The van der Waals surface area contributed by atoms with Crippen LogP contribution < -0.4 is 5.32 Å². The van der Waals surface area contributed by atoms with Crippen LogP contribution in [0.3, 0.4) is 0 Å². The van der Waals surface area contributed by atoms with Crippen LogP contribution in [0.15, 0.2) is 43.0 Å². The maximum Gasteiger partial charge on any atom is 0.408 e. The van der Waals surface area contributed by atoms with Crippen LogP contribution in [-0.4, -0.2) is 43.2 Å². The Kier molecular flexibility index (Phi) is 6.51. The third-order valence-corrected chi connectivity index (χ3v) is 4.21. The first-order valence-corrected chi connectivity index (χ1v) is 9.62. The SMILES string of the molecule is CC(C)(C)OC(=O)[C@H](Cn1cnc2c(Cl)ncnc21)NC(=O)OCc1ccccc1. The molecular weight excluding hydrogens is 410 g/mol. The fraction of sp³-hybridized carbons (Fsp3) is 0.350. The minimum absolute atomic E-state index is 0.0270. The molecule has 0 saturated carbocycles. The van der Waals surface area contributed by atoms with E-state index in [9.17, 15) is 9.59 Å². The molecule has 0 unspecified atom stereocenters. The molecule has 0 aliphatic heterocycles. The number of fused-ring (bicyclic) bond motifs is 1. The van der Waals surface area contributed by atoms with Crippen molar-refractivity contribution in [2.45, 2.75) is 45.6 Å². The average molecular weight is 432 g/mol. The maximum atomic E-state index is 12.7. The van der Waals surface area contributed by atoms with E-state index in [1.165, 1.54) is 12.7 Å². The van der Waals surface area contributed by atoms with E-state index in [1.807, 2.05) is 30.3 Å². The van der Waals surface area contributed by atoms with E-state index < -0.39 is 23.7 Å². The van der Waals surface area contributed by atoms with Gasteiger partial charge in [-0.15, -0.1) is 0 Å². The van der Waals surface area contributed by atoms with Crippen LogP contribution >= 0.6 is 11.6 Å². The molecule has 3 rings (SSSR count). The van der Waals surface area contributed by atoms with Gasteiger partial charge >= 0.3 is 12.1 Å². The summed E-state index contributed by atoms with van der Waals surface area (Å²) < 4.78 is 12.3. The van der Waals surface area contributed by atoms with Crippen molar-refractivity contribution < 1.29 is 19.1 Å². The maximum absolute atomic E-state index is 12.7. The number of aromatic nitrogens is 4. The molecule has 3 aromatic rings. The molecule has 30 heavy (non-hydrogen) atoms. The molecule has 1 atom stereocenters. The Morgan fingerprint density at radius 3 is 2.60 bits per heavy atom. The molecule has 2 aromatic heterocycles. The Hall–Kier alpha value is -3.20. The minimum Gasteiger partial charge on any atom is -0.458 e. The molecule has 0 aliphatic carbocycles. The Morgan fingerprint density at radius 2 is 1.90 bits per heavy atom. The molecule has 10 heteroatoms. The lowest BCUT2D eigenvalue weighted by Gasteiger charge is -2.24. The number of alkyl carbamates (subject to hydrolysis) is 1. The van der Waals surface area contributed by atoms with E-state index in [0.29, 0.717) is 11.2 Å². The number of nitrogens with zero attached hydrogens (tertiary/aromatic N) is 4. The lowest BCUT2D eigenvalue weighted by atomic mass is 10.2. The van der Waals surface area contributed by atoms with Crippen molar-refractivity contribution in [3.05, 3.63) is 53.7 Å². The molecule has 0 spiro atoms. The largest absolute Gasteiger partial charge is 0.458 e. The van der Waals surface area contributed by atoms with E-state index in [4.69, 9.17) is 21.1 Å². The number of carbonyl (C=O) groups excluding carboxylic acids is 2. The fourth-order valence-corrected chi connectivity index (χ4v) is 2.82. The zero-order valence-corrected chi connectivity index (χ0v) is 17.6. The molecule has 2 heterocycles. The van der Waals surface area contributed by atoms with Gasteiger partial charge in [0.25, 0.3) is 0 Å². The molecule has 0 bridgehead atoms. The van der Waals surface area contributed by atoms with Crippen molar-refractivity contribution in [3.8, 4) is 0 Å². The van der Waals surface area contributed by atoms with Crippen LogP contribution in [0.5, 0.6) is 0 Å². The molecule has 1 N–H and O–H groups in total. The average Bonchev–Trinajstić information content (AvgIpc) is 3.10. The topological polar surface area (TPSA) is 108 Å².